The van der Waals surface area contributed by atoms with Gasteiger partial charge < -0.3 is 14.8 Å². The molecular weight excluding hydrogens is 454 g/mol. The first-order chi connectivity index (χ1) is 16.1. The van der Waals surface area contributed by atoms with Crippen molar-refractivity contribution >= 4 is 39.9 Å². The molecule has 1 aliphatic heterocycles. The van der Waals surface area contributed by atoms with Crippen molar-refractivity contribution in [3.8, 4) is 10.4 Å². The maximum Gasteiger partial charge on any atom is 0.257 e. The Bertz CT molecular complexity index is 1130. The Morgan fingerprint density at radius 2 is 1.97 bits per heavy atom. The number of nitrogens with one attached hydrogen (secondary N) is 1. The molecule has 2 aromatic heterocycles. The maximum atomic E-state index is 13.5. The van der Waals surface area contributed by atoms with E-state index in [1.54, 1.807) is 12.4 Å². The van der Waals surface area contributed by atoms with E-state index >= 15 is 0 Å². The predicted molar refractivity (Wildman–Crippen MR) is 134 cm³/mol. The highest BCUT2D eigenvalue weighted by Gasteiger charge is 2.27. The highest BCUT2D eigenvalue weighted by atomic mass is 32.2. The first kappa shape index (κ1) is 23.3. The molecule has 0 spiro atoms. The van der Waals surface area contributed by atoms with Crippen molar-refractivity contribution in [3.05, 3.63) is 60.4 Å². The second-order valence-corrected chi connectivity index (χ2v) is 9.83. The van der Waals surface area contributed by atoms with Gasteiger partial charge in [0.2, 0.25) is 5.91 Å². The molecule has 1 saturated heterocycles. The van der Waals surface area contributed by atoms with E-state index in [1.165, 1.54) is 23.1 Å². The average molecular weight is 482 g/mol. The Morgan fingerprint density at radius 1 is 1.21 bits per heavy atom. The molecular formula is C24H27N5O2S2. The molecule has 1 fully saturated rings. The minimum Gasteiger partial charge on any atom is -0.339 e. The number of likely N-dealkylation sites (tertiary alicyclic amines) is 1. The minimum absolute atomic E-state index is 0.000639. The Hall–Kier alpha value is -2.91. The number of carbonyl (C=O) groups is 2. The number of piperidine rings is 1. The number of aromatic nitrogens is 3. The van der Waals surface area contributed by atoms with Gasteiger partial charge >= 0.3 is 0 Å². The number of anilines is 1. The normalized spacial score (nSPS) is 13.7. The summed E-state index contributed by atoms with van der Waals surface area (Å²) in [6.45, 7) is 7.80. The number of hydrogen-bond acceptors (Lipinski definition) is 6. The van der Waals surface area contributed by atoms with E-state index in [0.29, 0.717) is 22.3 Å². The summed E-state index contributed by atoms with van der Waals surface area (Å²) in [6, 6.07) is 9.99. The fourth-order valence-corrected chi connectivity index (χ4v) is 5.84. The van der Waals surface area contributed by atoms with Crippen molar-refractivity contribution in [3.63, 3.8) is 0 Å². The standard InChI is InChI=1S/C24H27N5O2S2/c1-3-12-29-16-25-27-24(29)32-15-19(30)26-22-20(23(31)28-13-8-5-9-14-28)17(2)21(33-22)18-10-6-4-7-11-18/h3-4,6-7,10-11,16H,1,5,8-9,12-15H2,2H3,(H,26,30). The van der Waals surface area contributed by atoms with Crippen molar-refractivity contribution in [2.45, 2.75) is 37.9 Å². The fourth-order valence-electron chi connectivity index (χ4n) is 3.89. The molecule has 4 rings (SSSR count). The van der Waals surface area contributed by atoms with Crippen LogP contribution in [0.25, 0.3) is 10.4 Å². The zero-order chi connectivity index (χ0) is 23.2. The molecule has 1 aromatic carbocycles. The highest BCUT2D eigenvalue weighted by molar-refractivity contribution is 7.99. The zero-order valence-corrected chi connectivity index (χ0v) is 20.3. The van der Waals surface area contributed by atoms with Crippen molar-refractivity contribution in [1.82, 2.24) is 19.7 Å². The lowest BCUT2D eigenvalue weighted by Crippen LogP contribution is -2.36. The van der Waals surface area contributed by atoms with E-state index in [1.807, 2.05) is 46.7 Å². The number of amides is 2. The molecule has 3 aromatic rings. The van der Waals surface area contributed by atoms with E-state index < -0.39 is 0 Å². The molecule has 1 aliphatic rings. The van der Waals surface area contributed by atoms with Crippen LogP contribution < -0.4 is 5.32 Å². The lowest BCUT2D eigenvalue weighted by atomic mass is 10.0. The van der Waals surface area contributed by atoms with Gasteiger partial charge in [0, 0.05) is 24.5 Å². The monoisotopic (exact) mass is 481 g/mol. The van der Waals surface area contributed by atoms with Crippen LogP contribution in [0.15, 0.2) is 54.5 Å². The third-order valence-electron chi connectivity index (χ3n) is 5.53. The van der Waals surface area contributed by atoms with E-state index in [2.05, 4.69) is 22.1 Å². The number of rotatable bonds is 8. The summed E-state index contributed by atoms with van der Waals surface area (Å²) >= 11 is 2.77. The van der Waals surface area contributed by atoms with Gasteiger partial charge in [0.15, 0.2) is 5.16 Å². The summed E-state index contributed by atoms with van der Waals surface area (Å²) in [4.78, 5) is 29.2. The third-order valence-corrected chi connectivity index (χ3v) is 7.77. The fraction of sp³-hybridized carbons (Fsp3) is 0.333. The summed E-state index contributed by atoms with van der Waals surface area (Å²) in [5.41, 5.74) is 2.56. The number of nitrogens with zero attached hydrogens (tertiary/aromatic N) is 4. The Kier molecular flexibility index (Phi) is 7.61. The molecule has 0 saturated carbocycles. The van der Waals surface area contributed by atoms with E-state index in [4.69, 9.17) is 0 Å². The molecule has 0 bridgehead atoms. The second kappa shape index (κ2) is 10.8. The largest absolute Gasteiger partial charge is 0.339 e. The summed E-state index contributed by atoms with van der Waals surface area (Å²) < 4.78 is 1.83. The Labute approximate surface area is 201 Å². The van der Waals surface area contributed by atoms with Crippen LogP contribution in [0.4, 0.5) is 5.00 Å². The van der Waals surface area contributed by atoms with E-state index in [9.17, 15) is 9.59 Å². The maximum absolute atomic E-state index is 13.5. The molecule has 3 heterocycles. The van der Waals surface area contributed by atoms with Crippen molar-refractivity contribution < 1.29 is 9.59 Å². The molecule has 0 radical (unpaired) electrons. The quantitative estimate of drug-likeness (QED) is 0.367. The zero-order valence-electron chi connectivity index (χ0n) is 18.6. The van der Waals surface area contributed by atoms with Crippen LogP contribution in [0.2, 0.25) is 0 Å². The first-order valence-corrected chi connectivity index (χ1v) is 12.8. The second-order valence-electron chi connectivity index (χ2n) is 7.87. The van der Waals surface area contributed by atoms with Crippen molar-refractivity contribution in [2.75, 3.05) is 24.2 Å². The summed E-state index contributed by atoms with van der Waals surface area (Å²) in [7, 11) is 0. The van der Waals surface area contributed by atoms with Crippen molar-refractivity contribution in [2.24, 2.45) is 0 Å². The van der Waals surface area contributed by atoms with Crippen LogP contribution in [0.3, 0.4) is 0 Å². The highest BCUT2D eigenvalue weighted by Crippen LogP contribution is 2.40. The van der Waals surface area contributed by atoms with Crippen LogP contribution in [-0.4, -0.2) is 50.3 Å². The van der Waals surface area contributed by atoms with Crippen LogP contribution in [-0.2, 0) is 11.3 Å². The number of carbonyl (C=O) groups excluding carboxylic acids is 2. The van der Waals surface area contributed by atoms with Gasteiger partial charge in [-0.25, -0.2) is 0 Å². The van der Waals surface area contributed by atoms with Crippen LogP contribution in [0, 0.1) is 6.92 Å². The van der Waals surface area contributed by atoms with Gasteiger partial charge in [-0.1, -0.05) is 48.2 Å². The SMILES string of the molecule is C=CCn1cnnc1SCC(=O)Nc1sc(-c2ccccc2)c(C)c1C(=O)N1CCCCC1. The molecule has 33 heavy (non-hydrogen) atoms. The predicted octanol–water partition coefficient (Wildman–Crippen LogP) is 4.86. The number of allylic oxidation sites excluding steroid dienone is 1. The minimum atomic E-state index is -0.179. The molecule has 172 valence electrons. The van der Waals surface area contributed by atoms with Crippen molar-refractivity contribution in [1.29, 1.82) is 0 Å². The van der Waals surface area contributed by atoms with Crippen LogP contribution in [0.1, 0.15) is 35.2 Å². The van der Waals surface area contributed by atoms with Gasteiger partial charge in [0.05, 0.1) is 11.3 Å². The van der Waals surface area contributed by atoms with Gasteiger partial charge in [-0.2, -0.15) is 0 Å². The van der Waals surface area contributed by atoms with Gasteiger partial charge in [-0.15, -0.1) is 28.1 Å². The summed E-state index contributed by atoms with van der Waals surface area (Å²) in [5, 5.41) is 12.2. The number of thiophene rings is 1. The first-order valence-electron chi connectivity index (χ1n) is 11.0. The number of benzene rings is 1. The summed E-state index contributed by atoms with van der Waals surface area (Å²) in [6.07, 6.45) is 6.56. The molecule has 0 aliphatic carbocycles. The number of thioether (sulfide) groups is 1. The smallest absolute Gasteiger partial charge is 0.257 e. The van der Waals surface area contributed by atoms with Gasteiger partial charge in [0.25, 0.3) is 5.91 Å². The van der Waals surface area contributed by atoms with Gasteiger partial charge in [0.1, 0.15) is 11.3 Å². The van der Waals surface area contributed by atoms with E-state index in [-0.39, 0.29) is 17.6 Å². The molecule has 0 atom stereocenters. The average Bonchev–Trinajstić information content (AvgIpc) is 3.42. The van der Waals surface area contributed by atoms with Gasteiger partial charge in [-0.3, -0.25) is 9.59 Å². The molecule has 2 amide bonds. The number of hydrogen-bond donors (Lipinski definition) is 1. The lowest BCUT2D eigenvalue weighted by Gasteiger charge is -2.27. The lowest BCUT2D eigenvalue weighted by molar-refractivity contribution is -0.113. The van der Waals surface area contributed by atoms with E-state index in [0.717, 1.165) is 48.4 Å². The van der Waals surface area contributed by atoms with Gasteiger partial charge in [-0.05, 0) is 37.3 Å². The molecule has 0 unspecified atom stereocenters. The van der Waals surface area contributed by atoms with Crippen LogP contribution in [0.5, 0.6) is 0 Å². The topological polar surface area (TPSA) is 80.1 Å². The third kappa shape index (κ3) is 5.36. The van der Waals surface area contributed by atoms with Crippen LogP contribution >= 0.6 is 23.1 Å². The Balaban J connectivity index is 1.57. The molecule has 7 nitrogen and oxygen atoms in total. The molecule has 1 N–H and O–H groups in total. The summed E-state index contributed by atoms with van der Waals surface area (Å²) in [5.74, 6) is -0.00818. The Morgan fingerprint density at radius 3 is 2.70 bits per heavy atom. The molecule has 9 heteroatoms.